The van der Waals surface area contributed by atoms with Crippen molar-refractivity contribution in [1.29, 1.82) is 0 Å². The van der Waals surface area contributed by atoms with E-state index in [1.807, 2.05) is 13.8 Å². The lowest BCUT2D eigenvalue weighted by molar-refractivity contribution is -0.131. The van der Waals surface area contributed by atoms with Crippen molar-refractivity contribution in [3.8, 4) is 5.75 Å². The molecule has 0 spiro atoms. The number of piperazine rings is 1. The van der Waals surface area contributed by atoms with E-state index in [0.29, 0.717) is 37.0 Å². The molecular formula is C19H30ClN3O4S. The molecule has 28 heavy (non-hydrogen) atoms. The topological polar surface area (TPSA) is 79.0 Å². The number of sulfonamides is 1. The number of carbonyl (C=O) groups excluding carboxylic acids is 1. The molecule has 1 heterocycles. The third-order valence-electron chi connectivity index (χ3n) is 4.74. The van der Waals surface area contributed by atoms with Gasteiger partial charge >= 0.3 is 0 Å². The van der Waals surface area contributed by atoms with Gasteiger partial charge < -0.3 is 15.0 Å². The highest BCUT2D eigenvalue weighted by molar-refractivity contribution is 7.89. The van der Waals surface area contributed by atoms with Gasteiger partial charge in [0.25, 0.3) is 0 Å². The third-order valence-corrected chi connectivity index (χ3v) is 6.90. The summed E-state index contributed by atoms with van der Waals surface area (Å²) < 4.78 is 33.2. The molecule has 158 valence electrons. The van der Waals surface area contributed by atoms with Crippen LogP contribution in [-0.2, 0) is 14.8 Å². The van der Waals surface area contributed by atoms with Crippen LogP contribution in [0.5, 0.6) is 5.75 Å². The molecule has 2 rings (SSSR count). The molecule has 1 aliphatic heterocycles. The van der Waals surface area contributed by atoms with Crippen molar-refractivity contribution in [1.82, 2.24) is 14.5 Å². The van der Waals surface area contributed by atoms with E-state index in [1.54, 1.807) is 17.0 Å². The van der Waals surface area contributed by atoms with Crippen LogP contribution in [-0.4, -0.2) is 69.9 Å². The average molecular weight is 432 g/mol. The smallest absolute Gasteiger partial charge is 0.246 e. The predicted molar refractivity (Wildman–Crippen MR) is 110 cm³/mol. The number of ether oxygens (including phenoxy) is 1. The normalized spacial score (nSPS) is 15.3. The maximum atomic E-state index is 13.3. The van der Waals surface area contributed by atoms with Gasteiger partial charge in [0.15, 0.2) is 0 Å². The van der Waals surface area contributed by atoms with Gasteiger partial charge in [0.2, 0.25) is 15.9 Å². The Hall–Kier alpha value is -1.35. The minimum atomic E-state index is -3.85. The van der Waals surface area contributed by atoms with Crippen LogP contribution in [0.2, 0.25) is 5.02 Å². The summed E-state index contributed by atoms with van der Waals surface area (Å²) in [5, 5.41) is 3.52. The summed E-state index contributed by atoms with van der Waals surface area (Å²) in [7, 11) is -2.42. The first-order valence-corrected chi connectivity index (χ1v) is 11.4. The fraction of sp³-hybridized carbons (Fsp3) is 0.632. The molecule has 0 aromatic heterocycles. The lowest BCUT2D eigenvalue weighted by atomic mass is 10.1. The Kier molecular flexibility index (Phi) is 8.55. The van der Waals surface area contributed by atoms with Crippen molar-refractivity contribution in [3.05, 3.63) is 23.2 Å². The monoisotopic (exact) mass is 431 g/mol. The van der Waals surface area contributed by atoms with Crippen LogP contribution in [0.1, 0.15) is 26.7 Å². The SMILES string of the molecule is COc1ccc(Cl)cc1S(=O)(=O)N(CCC(=O)N1CCNCC1)CCC(C)C. The second kappa shape index (κ2) is 10.4. The highest BCUT2D eigenvalue weighted by atomic mass is 35.5. The summed E-state index contributed by atoms with van der Waals surface area (Å²) in [4.78, 5) is 14.3. The Morgan fingerprint density at radius 2 is 1.96 bits per heavy atom. The Morgan fingerprint density at radius 3 is 2.57 bits per heavy atom. The Labute approximate surface area is 173 Å². The van der Waals surface area contributed by atoms with Crippen molar-refractivity contribution in [2.45, 2.75) is 31.6 Å². The Morgan fingerprint density at radius 1 is 1.29 bits per heavy atom. The van der Waals surface area contributed by atoms with Crippen molar-refractivity contribution in [3.63, 3.8) is 0 Å². The number of methoxy groups -OCH3 is 1. The number of hydrogen-bond donors (Lipinski definition) is 1. The first kappa shape index (κ1) is 22.9. The number of carbonyl (C=O) groups is 1. The fourth-order valence-electron chi connectivity index (χ4n) is 3.04. The molecule has 0 radical (unpaired) electrons. The predicted octanol–water partition coefficient (Wildman–Crippen LogP) is 2.21. The molecule has 1 fully saturated rings. The molecule has 0 unspecified atom stereocenters. The maximum Gasteiger partial charge on any atom is 0.246 e. The zero-order chi connectivity index (χ0) is 20.7. The van der Waals surface area contributed by atoms with Crippen LogP contribution in [0.15, 0.2) is 23.1 Å². The molecule has 1 aliphatic rings. The summed E-state index contributed by atoms with van der Waals surface area (Å²) in [6.45, 7) is 7.38. The molecule has 9 heteroatoms. The van der Waals surface area contributed by atoms with Gasteiger partial charge in [-0.25, -0.2) is 8.42 Å². The number of hydrogen-bond acceptors (Lipinski definition) is 5. The van der Waals surface area contributed by atoms with Crippen LogP contribution in [0, 0.1) is 5.92 Å². The summed E-state index contributed by atoms with van der Waals surface area (Å²) in [5.74, 6) is 0.555. The van der Waals surface area contributed by atoms with Crippen LogP contribution in [0.4, 0.5) is 0 Å². The van der Waals surface area contributed by atoms with Gasteiger partial charge in [0, 0.05) is 50.7 Å². The van der Waals surface area contributed by atoms with E-state index in [2.05, 4.69) is 5.32 Å². The third kappa shape index (κ3) is 6.07. The maximum absolute atomic E-state index is 13.3. The molecule has 1 amide bonds. The molecule has 0 aliphatic carbocycles. The molecule has 1 saturated heterocycles. The van der Waals surface area contributed by atoms with E-state index in [0.717, 1.165) is 13.1 Å². The summed E-state index contributed by atoms with van der Waals surface area (Å²) >= 11 is 6.04. The molecule has 0 saturated carbocycles. The number of rotatable bonds is 9. The minimum absolute atomic E-state index is 0.0238. The highest BCUT2D eigenvalue weighted by Gasteiger charge is 2.29. The Balaban J connectivity index is 2.21. The van der Waals surface area contributed by atoms with Crippen LogP contribution >= 0.6 is 11.6 Å². The molecule has 1 N–H and O–H groups in total. The zero-order valence-corrected chi connectivity index (χ0v) is 18.4. The van der Waals surface area contributed by atoms with Gasteiger partial charge in [0.1, 0.15) is 10.6 Å². The lowest BCUT2D eigenvalue weighted by Gasteiger charge is -2.29. The molecule has 0 atom stereocenters. The van der Waals surface area contributed by atoms with Gasteiger partial charge in [-0.05, 0) is 30.5 Å². The number of halogens is 1. The van der Waals surface area contributed by atoms with Gasteiger partial charge in [-0.15, -0.1) is 0 Å². The fourth-order valence-corrected chi connectivity index (χ4v) is 4.91. The van der Waals surface area contributed by atoms with E-state index in [9.17, 15) is 13.2 Å². The molecule has 7 nitrogen and oxygen atoms in total. The quantitative estimate of drug-likeness (QED) is 0.648. The van der Waals surface area contributed by atoms with Gasteiger partial charge in [0.05, 0.1) is 7.11 Å². The van der Waals surface area contributed by atoms with E-state index < -0.39 is 10.0 Å². The van der Waals surface area contributed by atoms with Gasteiger partial charge in [-0.1, -0.05) is 25.4 Å². The largest absolute Gasteiger partial charge is 0.495 e. The van der Waals surface area contributed by atoms with Crippen LogP contribution in [0.3, 0.4) is 0 Å². The van der Waals surface area contributed by atoms with E-state index in [-0.39, 0.29) is 29.5 Å². The standard InChI is InChI=1S/C19H30ClN3O4S/c1-15(2)6-10-23(11-7-19(24)22-12-8-21-9-13-22)28(25,26)18-14-16(20)4-5-17(18)27-3/h4-5,14-15,21H,6-13H2,1-3H3. The number of amides is 1. The number of benzene rings is 1. The summed E-state index contributed by atoms with van der Waals surface area (Å²) in [6, 6.07) is 4.53. The van der Waals surface area contributed by atoms with E-state index >= 15 is 0 Å². The lowest BCUT2D eigenvalue weighted by Crippen LogP contribution is -2.47. The Bertz CT molecular complexity index is 764. The molecular weight excluding hydrogens is 402 g/mol. The first-order valence-electron chi connectivity index (χ1n) is 9.58. The van der Waals surface area contributed by atoms with Crippen molar-refractivity contribution < 1.29 is 17.9 Å². The number of nitrogens with one attached hydrogen (secondary N) is 1. The van der Waals surface area contributed by atoms with Crippen LogP contribution in [0.25, 0.3) is 0 Å². The second-order valence-electron chi connectivity index (χ2n) is 7.26. The molecule has 1 aromatic rings. The van der Waals surface area contributed by atoms with Crippen molar-refractivity contribution in [2.24, 2.45) is 5.92 Å². The highest BCUT2D eigenvalue weighted by Crippen LogP contribution is 2.30. The van der Waals surface area contributed by atoms with Crippen molar-refractivity contribution in [2.75, 3.05) is 46.4 Å². The van der Waals surface area contributed by atoms with Crippen LogP contribution < -0.4 is 10.1 Å². The molecule has 0 bridgehead atoms. The summed E-state index contributed by atoms with van der Waals surface area (Å²) in [6.07, 6.45) is 0.851. The summed E-state index contributed by atoms with van der Waals surface area (Å²) in [5.41, 5.74) is 0. The molecule has 1 aromatic carbocycles. The average Bonchev–Trinajstić information content (AvgIpc) is 2.68. The van der Waals surface area contributed by atoms with E-state index in [4.69, 9.17) is 16.3 Å². The first-order chi connectivity index (χ1) is 13.3. The van der Waals surface area contributed by atoms with Crippen molar-refractivity contribution >= 4 is 27.5 Å². The van der Waals surface area contributed by atoms with E-state index in [1.165, 1.54) is 17.5 Å². The van der Waals surface area contributed by atoms with Gasteiger partial charge in [-0.3, -0.25) is 4.79 Å². The zero-order valence-electron chi connectivity index (χ0n) is 16.8. The number of nitrogens with zero attached hydrogens (tertiary/aromatic N) is 2. The second-order valence-corrected chi connectivity index (χ2v) is 9.61. The minimum Gasteiger partial charge on any atom is -0.495 e. The van der Waals surface area contributed by atoms with Gasteiger partial charge in [-0.2, -0.15) is 4.31 Å².